The van der Waals surface area contributed by atoms with Gasteiger partial charge in [0, 0.05) is 56.1 Å². The van der Waals surface area contributed by atoms with Crippen molar-refractivity contribution in [3.8, 4) is 5.69 Å². The molecule has 1 amide bonds. The third-order valence-electron chi connectivity index (χ3n) is 4.88. The maximum atomic E-state index is 12.5. The Labute approximate surface area is 164 Å². The molecule has 0 spiro atoms. The van der Waals surface area contributed by atoms with Gasteiger partial charge in [-0.2, -0.15) is 0 Å². The van der Waals surface area contributed by atoms with Crippen LogP contribution in [0, 0.1) is 0 Å². The molecule has 3 aromatic rings. The van der Waals surface area contributed by atoms with E-state index in [0.29, 0.717) is 6.54 Å². The van der Waals surface area contributed by atoms with E-state index < -0.39 is 0 Å². The normalized spacial score (nSPS) is 15.2. The molecule has 0 radical (unpaired) electrons. The van der Waals surface area contributed by atoms with E-state index in [0.717, 1.165) is 49.8 Å². The van der Waals surface area contributed by atoms with Crippen molar-refractivity contribution in [1.29, 1.82) is 0 Å². The molecule has 2 aromatic heterocycles. The molecular weight excluding hydrogens is 352 g/mol. The standard InChI is InChI=1S/C21H24N6O/c28-21(24-18-5-7-19(8-6-18)27-13-10-22-17-27)16-25-11-3-12-26(15-14-25)20-4-1-2-9-23-20/h1-2,4-10,13,17H,3,11-12,14-16H2,(H,24,28). The van der Waals surface area contributed by atoms with E-state index >= 15 is 0 Å². The van der Waals surface area contributed by atoms with Crippen LogP contribution in [0.3, 0.4) is 0 Å². The van der Waals surface area contributed by atoms with Crippen LogP contribution >= 0.6 is 0 Å². The Kier molecular flexibility index (Phi) is 5.63. The number of carbonyl (C=O) groups excluding carboxylic acids is 1. The highest BCUT2D eigenvalue weighted by atomic mass is 16.2. The van der Waals surface area contributed by atoms with Crippen LogP contribution in [-0.4, -0.2) is 58.1 Å². The summed E-state index contributed by atoms with van der Waals surface area (Å²) in [5.41, 5.74) is 1.82. The number of hydrogen-bond donors (Lipinski definition) is 1. The number of nitrogens with zero attached hydrogens (tertiary/aromatic N) is 5. The molecule has 1 aromatic carbocycles. The highest BCUT2D eigenvalue weighted by molar-refractivity contribution is 5.92. The Bertz CT molecular complexity index is 879. The van der Waals surface area contributed by atoms with Crippen LogP contribution in [0.25, 0.3) is 5.69 Å². The van der Waals surface area contributed by atoms with Crippen LogP contribution in [0.5, 0.6) is 0 Å². The molecule has 0 atom stereocenters. The predicted molar refractivity (Wildman–Crippen MR) is 110 cm³/mol. The molecule has 0 bridgehead atoms. The summed E-state index contributed by atoms with van der Waals surface area (Å²) in [7, 11) is 0. The fourth-order valence-electron chi connectivity index (χ4n) is 3.43. The van der Waals surface area contributed by atoms with Crippen LogP contribution in [0.1, 0.15) is 6.42 Å². The molecule has 3 heterocycles. The third kappa shape index (κ3) is 4.55. The quantitative estimate of drug-likeness (QED) is 0.741. The van der Waals surface area contributed by atoms with Crippen molar-refractivity contribution in [2.24, 2.45) is 0 Å². The van der Waals surface area contributed by atoms with Gasteiger partial charge in [-0.3, -0.25) is 9.69 Å². The number of anilines is 2. The summed E-state index contributed by atoms with van der Waals surface area (Å²) in [6, 6.07) is 13.7. The number of imidazole rings is 1. The molecule has 1 fully saturated rings. The number of benzene rings is 1. The van der Waals surface area contributed by atoms with Gasteiger partial charge in [-0.05, 0) is 42.8 Å². The summed E-state index contributed by atoms with van der Waals surface area (Å²) in [6.45, 7) is 4.01. The molecule has 0 aliphatic carbocycles. The number of hydrogen-bond acceptors (Lipinski definition) is 5. The summed E-state index contributed by atoms with van der Waals surface area (Å²) in [5, 5.41) is 2.99. The number of aromatic nitrogens is 3. The van der Waals surface area contributed by atoms with Crippen molar-refractivity contribution in [1.82, 2.24) is 19.4 Å². The lowest BCUT2D eigenvalue weighted by molar-refractivity contribution is -0.117. The van der Waals surface area contributed by atoms with Gasteiger partial charge in [-0.15, -0.1) is 0 Å². The third-order valence-corrected chi connectivity index (χ3v) is 4.88. The number of rotatable bonds is 5. The van der Waals surface area contributed by atoms with Crippen LogP contribution in [0.15, 0.2) is 67.4 Å². The molecular formula is C21H24N6O. The molecule has 0 unspecified atom stereocenters. The average Bonchev–Trinajstić information content (AvgIpc) is 3.16. The Morgan fingerprint density at radius 1 is 1.00 bits per heavy atom. The SMILES string of the molecule is O=C(CN1CCCN(c2ccccn2)CC1)Nc1ccc(-n2ccnc2)cc1. The molecule has 7 heteroatoms. The van der Waals surface area contributed by atoms with Gasteiger partial charge in [0.1, 0.15) is 5.82 Å². The monoisotopic (exact) mass is 376 g/mol. The lowest BCUT2D eigenvalue weighted by Gasteiger charge is -2.22. The van der Waals surface area contributed by atoms with Gasteiger partial charge in [0.2, 0.25) is 5.91 Å². The van der Waals surface area contributed by atoms with Gasteiger partial charge >= 0.3 is 0 Å². The van der Waals surface area contributed by atoms with E-state index in [1.54, 1.807) is 12.5 Å². The topological polar surface area (TPSA) is 66.3 Å². The molecule has 4 rings (SSSR count). The second-order valence-corrected chi connectivity index (χ2v) is 6.87. The van der Waals surface area contributed by atoms with Crippen molar-refractivity contribution >= 4 is 17.4 Å². The van der Waals surface area contributed by atoms with Crippen molar-refractivity contribution in [3.05, 3.63) is 67.4 Å². The first-order valence-corrected chi connectivity index (χ1v) is 9.54. The number of carbonyl (C=O) groups is 1. The van der Waals surface area contributed by atoms with E-state index in [1.165, 1.54) is 0 Å². The fraction of sp³-hybridized carbons (Fsp3) is 0.286. The van der Waals surface area contributed by atoms with Gasteiger partial charge in [-0.1, -0.05) is 6.07 Å². The van der Waals surface area contributed by atoms with Crippen molar-refractivity contribution in [2.75, 3.05) is 42.9 Å². The zero-order valence-electron chi connectivity index (χ0n) is 15.7. The summed E-state index contributed by atoms with van der Waals surface area (Å²) in [6.07, 6.45) is 8.22. The molecule has 1 aliphatic rings. The first kappa shape index (κ1) is 18.2. The largest absolute Gasteiger partial charge is 0.355 e. The van der Waals surface area contributed by atoms with Crippen LogP contribution in [-0.2, 0) is 4.79 Å². The van der Waals surface area contributed by atoms with Crippen molar-refractivity contribution in [2.45, 2.75) is 6.42 Å². The average molecular weight is 376 g/mol. The highest BCUT2D eigenvalue weighted by Crippen LogP contribution is 2.14. The van der Waals surface area contributed by atoms with Crippen LogP contribution in [0.4, 0.5) is 11.5 Å². The molecule has 1 saturated heterocycles. The zero-order chi connectivity index (χ0) is 19.2. The second-order valence-electron chi connectivity index (χ2n) is 6.87. The van der Waals surface area contributed by atoms with E-state index in [-0.39, 0.29) is 5.91 Å². The van der Waals surface area contributed by atoms with Crippen LogP contribution < -0.4 is 10.2 Å². The Morgan fingerprint density at radius 2 is 1.89 bits per heavy atom. The Morgan fingerprint density at radius 3 is 2.64 bits per heavy atom. The Hall–Kier alpha value is -3.19. The molecule has 1 N–H and O–H groups in total. The number of amides is 1. The molecule has 144 valence electrons. The molecule has 0 saturated carbocycles. The number of nitrogens with one attached hydrogen (secondary N) is 1. The van der Waals surface area contributed by atoms with Gasteiger partial charge in [0.05, 0.1) is 12.9 Å². The van der Waals surface area contributed by atoms with E-state index in [2.05, 4.69) is 25.1 Å². The lowest BCUT2D eigenvalue weighted by atomic mass is 10.2. The highest BCUT2D eigenvalue weighted by Gasteiger charge is 2.18. The van der Waals surface area contributed by atoms with Crippen LogP contribution in [0.2, 0.25) is 0 Å². The van der Waals surface area contributed by atoms with Crippen molar-refractivity contribution < 1.29 is 4.79 Å². The first-order valence-electron chi connectivity index (χ1n) is 9.54. The maximum Gasteiger partial charge on any atom is 0.238 e. The minimum atomic E-state index is 0.0154. The van der Waals surface area contributed by atoms with E-state index in [9.17, 15) is 4.79 Å². The maximum absolute atomic E-state index is 12.5. The van der Waals surface area contributed by atoms with Gasteiger partial charge in [0.25, 0.3) is 0 Å². The van der Waals surface area contributed by atoms with Crippen molar-refractivity contribution in [3.63, 3.8) is 0 Å². The summed E-state index contributed by atoms with van der Waals surface area (Å²) < 4.78 is 1.93. The van der Waals surface area contributed by atoms with E-state index in [1.807, 2.05) is 59.4 Å². The minimum Gasteiger partial charge on any atom is -0.355 e. The molecule has 7 nitrogen and oxygen atoms in total. The number of pyridine rings is 1. The van der Waals surface area contributed by atoms with Gasteiger partial charge in [-0.25, -0.2) is 9.97 Å². The first-order chi connectivity index (χ1) is 13.8. The van der Waals surface area contributed by atoms with Gasteiger partial charge in [0.15, 0.2) is 0 Å². The predicted octanol–water partition coefficient (Wildman–Crippen LogP) is 2.42. The zero-order valence-corrected chi connectivity index (χ0v) is 15.7. The smallest absolute Gasteiger partial charge is 0.238 e. The second kappa shape index (κ2) is 8.67. The molecule has 1 aliphatic heterocycles. The Balaban J connectivity index is 1.29. The van der Waals surface area contributed by atoms with E-state index in [4.69, 9.17) is 0 Å². The van der Waals surface area contributed by atoms with Gasteiger partial charge < -0.3 is 14.8 Å². The summed E-state index contributed by atoms with van der Waals surface area (Å²) in [4.78, 5) is 25.4. The lowest BCUT2D eigenvalue weighted by Crippen LogP contribution is -2.36. The summed E-state index contributed by atoms with van der Waals surface area (Å²) >= 11 is 0. The minimum absolute atomic E-state index is 0.0154. The fourth-order valence-corrected chi connectivity index (χ4v) is 3.43. The summed E-state index contributed by atoms with van der Waals surface area (Å²) in [5.74, 6) is 1.02. The molecule has 28 heavy (non-hydrogen) atoms.